The van der Waals surface area contributed by atoms with E-state index in [1.165, 1.54) is 0 Å². The van der Waals surface area contributed by atoms with Crippen molar-refractivity contribution in [1.29, 1.82) is 0 Å². The lowest BCUT2D eigenvalue weighted by molar-refractivity contribution is -0.122. The van der Waals surface area contributed by atoms with Gasteiger partial charge in [0, 0.05) is 34.8 Å². The molecule has 5 nitrogen and oxygen atoms in total. The minimum absolute atomic E-state index is 0.0915. The van der Waals surface area contributed by atoms with Crippen LogP contribution in [0.2, 0.25) is 5.02 Å². The van der Waals surface area contributed by atoms with Crippen LogP contribution in [0, 0.1) is 12.8 Å². The largest absolute Gasteiger partial charge is 0.325 e. The summed E-state index contributed by atoms with van der Waals surface area (Å²) in [5.41, 5.74) is 2.99. The normalized spacial score (nSPS) is 15.7. The van der Waals surface area contributed by atoms with Crippen LogP contribution in [0.3, 0.4) is 0 Å². The SMILES string of the molecule is Cc1ccccc1N1CC(C(=O)Nc2ccc(Cl)cc2C(=O)c2ccccc2)CC1=O. The van der Waals surface area contributed by atoms with Crippen LogP contribution in [0.4, 0.5) is 11.4 Å². The Morgan fingerprint density at radius 2 is 1.71 bits per heavy atom. The molecule has 1 heterocycles. The Kier molecular flexibility index (Phi) is 5.87. The highest BCUT2D eigenvalue weighted by atomic mass is 35.5. The maximum atomic E-state index is 13.0. The van der Waals surface area contributed by atoms with Crippen LogP contribution in [0.1, 0.15) is 27.9 Å². The molecular formula is C25H21ClN2O3. The molecule has 1 atom stereocenters. The molecule has 31 heavy (non-hydrogen) atoms. The monoisotopic (exact) mass is 432 g/mol. The number of carbonyl (C=O) groups excluding carboxylic acids is 3. The van der Waals surface area contributed by atoms with Crippen molar-refractivity contribution in [3.05, 3.63) is 94.5 Å². The smallest absolute Gasteiger partial charge is 0.229 e. The Labute approximate surface area is 185 Å². The molecule has 1 fully saturated rings. The first-order chi connectivity index (χ1) is 14.9. The molecule has 1 aliphatic heterocycles. The molecule has 6 heteroatoms. The Morgan fingerprint density at radius 3 is 2.45 bits per heavy atom. The van der Waals surface area contributed by atoms with Crippen LogP contribution in [-0.2, 0) is 9.59 Å². The van der Waals surface area contributed by atoms with Crippen molar-refractivity contribution in [2.75, 3.05) is 16.8 Å². The van der Waals surface area contributed by atoms with Gasteiger partial charge in [-0.3, -0.25) is 14.4 Å². The van der Waals surface area contributed by atoms with E-state index in [2.05, 4.69) is 5.32 Å². The fourth-order valence-electron chi connectivity index (χ4n) is 3.78. The van der Waals surface area contributed by atoms with Crippen molar-refractivity contribution in [2.24, 2.45) is 5.92 Å². The maximum Gasteiger partial charge on any atom is 0.229 e. The Balaban J connectivity index is 1.55. The zero-order valence-electron chi connectivity index (χ0n) is 17.0. The molecule has 0 aliphatic carbocycles. The topological polar surface area (TPSA) is 66.5 Å². The van der Waals surface area contributed by atoms with Gasteiger partial charge in [-0.25, -0.2) is 0 Å². The van der Waals surface area contributed by atoms with Crippen molar-refractivity contribution >= 4 is 40.6 Å². The molecule has 0 radical (unpaired) electrons. The molecule has 0 spiro atoms. The minimum atomic E-state index is -0.512. The number of benzene rings is 3. The quantitative estimate of drug-likeness (QED) is 0.585. The van der Waals surface area contributed by atoms with E-state index >= 15 is 0 Å². The number of anilines is 2. The second-order valence-electron chi connectivity index (χ2n) is 7.57. The van der Waals surface area contributed by atoms with Crippen LogP contribution >= 0.6 is 11.6 Å². The fraction of sp³-hybridized carbons (Fsp3) is 0.160. The summed E-state index contributed by atoms with van der Waals surface area (Å²) >= 11 is 6.12. The molecule has 1 N–H and O–H groups in total. The fourth-order valence-corrected chi connectivity index (χ4v) is 3.95. The Morgan fingerprint density at radius 1 is 1.00 bits per heavy atom. The number of hydrogen-bond donors (Lipinski definition) is 1. The summed E-state index contributed by atoms with van der Waals surface area (Å²) in [6, 6.07) is 21.2. The van der Waals surface area contributed by atoms with Crippen molar-refractivity contribution in [2.45, 2.75) is 13.3 Å². The number of aryl methyl sites for hydroxylation is 1. The van der Waals surface area contributed by atoms with Crippen molar-refractivity contribution in [1.82, 2.24) is 0 Å². The summed E-state index contributed by atoms with van der Waals surface area (Å²) in [5, 5.41) is 3.24. The lowest BCUT2D eigenvalue weighted by Crippen LogP contribution is -2.29. The van der Waals surface area contributed by atoms with Gasteiger partial charge in [0.05, 0.1) is 11.6 Å². The highest BCUT2D eigenvalue weighted by molar-refractivity contribution is 6.31. The number of hydrogen-bond acceptors (Lipinski definition) is 3. The van der Waals surface area contributed by atoms with Gasteiger partial charge in [-0.1, -0.05) is 60.1 Å². The van der Waals surface area contributed by atoms with Crippen molar-refractivity contribution < 1.29 is 14.4 Å². The van der Waals surface area contributed by atoms with E-state index in [9.17, 15) is 14.4 Å². The molecule has 4 rings (SSSR count). The van der Waals surface area contributed by atoms with E-state index in [1.54, 1.807) is 47.4 Å². The summed E-state index contributed by atoms with van der Waals surface area (Å²) in [4.78, 5) is 40.2. The van der Waals surface area contributed by atoms with Gasteiger partial charge >= 0.3 is 0 Å². The van der Waals surface area contributed by atoms with E-state index in [0.29, 0.717) is 28.4 Å². The highest BCUT2D eigenvalue weighted by Crippen LogP contribution is 2.29. The molecule has 0 aromatic heterocycles. The van der Waals surface area contributed by atoms with E-state index in [1.807, 2.05) is 37.3 Å². The summed E-state index contributed by atoms with van der Waals surface area (Å²) in [7, 11) is 0. The number of para-hydroxylation sites is 1. The zero-order chi connectivity index (χ0) is 22.0. The molecule has 1 unspecified atom stereocenters. The predicted molar refractivity (Wildman–Crippen MR) is 122 cm³/mol. The first-order valence-electron chi connectivity index (χ1n) is 10.00. The molecule has 3 aromatic rings. The van der Waals surface area contributed by atoms with Crippen LogP contribution in [0.25, 0.3) is 0 Å². The number of rotatable bonds is 5. The zero-order valence-corrected chi connectivity index (χ0v) is 17.7. The van der Waals surface area contributed by atoms with E-state index < -0.39 is 5.92 Å². The summed E-state index contributed by atoms with van der Waals surface area (Å²) in [6.07, 6.45) is 0.121. The summed E-state index contributed by atoms with van der Waals surface area (Å²) in [6.45, 7) is 2.23. The molecule has 1 saturated heterocycles. The Bertz CT molecular complexity index is 1160. The number of nitrogens with zero attached hydrogens (tertiary/aromatic N) is 1. The van der Waals surface area contributed by atoms with E-state index in [4.69, 9.17) is 11.6 Å². The van der Waals surface area contributed by atoms with Crippen molar-refractivity contribution in [3.8, 4) is 0 Å². The standard InChI is InChI=1S/C25H21ClN2O3/c1-16-7-5-6-10-22(16)28-15-18(13-23(28)29)25(31)27-21-12-11-19(26)14-20(21)24(30)17-8-3-2-4-9-17/h2-12,14,18H,13,15H2,1H3,(H,27,31). The van der Waals surface area contributed by atoms with Gasteiger partial charge in [-0.2, -0.15) is 0 Å². The van der Waals surface area contributed by atoms with Crippen LogP contribution < -0.4 is 10.2 Å². The molecular weight excluding hydrogens is 412 g/mol. The Hall–Kier alpha value is -3.44. The third-order valence-electron chi connectivity index (χ3n) is 5.42. The molecule has 3 aromatic carbocycles. The second-order valence-corrected chi connectivity index (χ2v) is 8.00. The summed E-state index contributed by atoms with van der Waals surface area (Å²) in [5.74, 6) is -1.13. The van der Waals surface area contributed by atoms with Crippen LogP contribution in [0.5, 0.6) is 0 Å². The third-order valence-corrected chi connectivity index (χ3v) is 5.66. The highest BCUT2D eigenvalue weighted by Gasteiger charge is 2.36. The number of amides is 2. The summed E-state index contributed by atoms with van der Waals surface area (Å²) < 4.78 is 0. The predicted octanol–water partition coefficient (Wildman–Crippen LogP) is 4.87. The van der Waals surface area contributed by atoms with Crippen molar-refractivity contribution in [3.63, 3.8) is 0 Å². The van der Waals surface area contributed by atoms with Crippen LogP contribution in [-0.4, -0.2) is 24.1 Å². The lowest BCUT2D eigenvalue weighted by Gasteiger charge is -2.19. The molecule has 156 valence electrons. The van der Waals surface area contributed by atoms with Gasteiger partial charge in [0.25, 0.3) is 0 Å². The van der Waals surface area contributed by atoms with Gasteiger partial charge in [-0.05, 0) is 36.8 Å². The van der Waals surface area contributed by atoms with Gasteiger partial charge in [0.1, 0.15) is 0 Å². The average Bonchev–Trinajstić information content (AvgIpc) is 3.17. The third kappa shape index (κ3) is 4.37. The molecule has 2 amide bonds. The van der Waals surface area contributed by atoms with Crippen LogP contribution in [0.15, 0.2) is 72.8 Å². The molecule has 0 bridgehead atoms. The second kappa shape index (κ2) is 8.74. The lowest BCUT2D eigenvalue weighted by atomic mass is 10.0. The van der Waals surface area contributed by atoms with Gasteiger partial charge < -0.3 is 10.2 Å². The van der Waals surface area contributed by atoms with E-state index in [-0.39, 0.29) is 24.0 Å². The first kappa shape index (κ1) is 20.8. The maximum absolute atomic E-state index is 13.0. The molecule has 0 saturated carbocycles. The molecule has 1 aliphatic rings. The first-order valence-corrected chi connectivity index (χ1v) is 10.4. The number of carbonyl (C=O) groups is 3. The van der Waals surface area contributed by atoms with Gasteiger partial charge in [-0.15, -0.1) is 0 Å². The number of nitrogens with one attached hydrogen (secondary N) is 1. The number of halogens is 1. The number of ketones is 1. The van der Waals surface area contributed by atoms with Gasteiger partial charge in [0.2, 0.25) is 11.8 Å². The van der Waals surface area contributed by atoms with Gasteiger partial charge in [0.15, 0.2) is 5.78 Å². The minimum Gasteiger partial charge on any atom is -0.325 e. The van der Waals surface area contributed by atoms with E-state index in [0.717, 1.165) is 11.3 Å². The average molecular weight is 433 g/mol.